The highest BCUT2D eigenvalue weighted by Gasteiger charge is 2.14. The summed E-state index contributed by atoms with van der Waals surface area (Å²) < 4.78 is 22.8. The zero-order chi connectivity index (χ0) is 12.1. The fourth-order valence-corrected chi connectivity index (χ4v) is 1.29. The maximum Gasteiger partial charge on any atom is 0.310 e. The average molecular weight is 248 g/mol. The van der Waals surface area contributed by atoms with E-state index in [0.717, 1.165) is 6.07 Å². The molecule has 0 fully saturated rings. The van der Waals surface area contributed by atoms with Crippen LogP contribution in [0.3, 0.4) is 0 Å². The molecule has 1 aromatic rings. The van der Waals surface area contributed by atoms with Gasteiger partial charge in [0.25, 0.3) is 0 Å². The number of rotatable bonds is 4. The summed E-state index contributed by atoms with van der Waals surface area (Å²) in [6.07, 6.45) is -0.0991. The first kappa shape index (κ1) is 12.7. The fourth-order valence-electron chi connectivity index (χ4n) is 1.16. The molecule has 0 saturated carbocycles. The highest BCUT2D eigenvalue weighted by atomic mass is 35.5. The molecule has 1 rings (SSSR count). The van der Waals surface area contributed by atoms with Gasteiger partial charge >= 0.3 is 5.97 Å². The van der Waals surface area contributed by atoms with Gasteiger partial charge in [0, 0.05) is 5.56 Å². The molecule has 0 saturated heterocycles. The van der Waals surface area contributed by atoms with Crippen LogP contribution in [0, 0.1) is 5.82 Å². The van der Waals surface area contributed by atoms with Gasteiger partial charge in [-0.05, 0) is 13.0 Å². The molecule has 1 aromatic heterocycles. The van der Waals surface area contributed by atoms with Gasteiger partial charge in [0.2, 0.25) is 5.88 Å². The first-order valence-electron chi connectivity index (χ1n) is 4.63. The Morgan fingerprint density at radius 2 is 2.31 bits per heavy atom. The van der Waals surface area contributed by atoms with Crippen LogP contribution in [0.25, 0.3) is 0 Å². The van der Waals surface area contributed by atoms with Gasteiger partial charge in [-0.1, -0.05) is 11.6 Å². The molecular formula is C10H11ClFNO3. The van der Waals surface area contributed by atoms with Crippen molar-refractivity contribution in [3.8, 4) is 5.88 Å². The molecular weight excluding hydrogens is 237 g/mol. The summed E-state index contributed by atoms with van der Waals surface area (Å²) in [5.41, 5.74) is 0.308. The third-order valence-corrected chi connectivity index (χ3v) is 2.07. The van der Waals surface area contributed by atoms with Gasteiger partial charge in [-0.15, -0.1) is 0 Å². The van der Waals surface area contributed by atoms with Gasteiger partial charge in [0.05, 0.1) is 20.1 Å². The molecule has 4 nitrogen and oxygen atoms in total. The molecule has 0 aliphatic carbocycles. The predicted octanol–water partition coefficient (Wildman–Crippen LogP) is 1.99. The Balaban J connectivity index is 2.94. The average Bonchev–Trinajstić information content (AvgIpc) is 2.23. The van der Waals surface area contributed by atoms with Crippen molar-refractivity contribution in [3.05, 3.63) is 22.6 Å². The van der Waals surface area contributed by atoms with Crippen LogP contribution >= 0.6 is 11.6 Å². The smallest absolute Gasteiger partial charge is 0.310 e. The van der Waals surface area contributed by atoms with Gasteiger partial charge in [-0.2, -0.15) is 4.98 Å². The number of carbonyl (C=O) groups excluding carboxylic acids is 1. The summed E-state index contributed by atoms with van der Waals surface area (Å²) in [7, 11) is 1.37. The number of hydrogen-bond acceptors (Lipinski definition) is 4. The van der Waals surface area contributed by atoms with Crippen LogP contribution in [0.2, 0.25) is 5.15 Å². The van der Waals surface area contributed by atoms with Gasteiger partial charge in [-0.25, -0.2) is 4.39 Å². The minimum absolute atomic E-state index is 0.0991. The zero-order valence-corrected chi connectivity index (χ0v) is 9.68. The first-order chi connectivity index (χ1) is 7.58. The molecule has 0 aromatic carbocycles. The Morgan fingerprint density at radius 3 is 2.88 bits per heavy atom. The number of nitrogens with zero attached hydrogens (tertiary/aromatic N) is 1. The minimum atomic E-state index is -0.693. The third-order valence-electron chi connectivity index (χ3n) is 1.81. The second-order valence-electron chi connectivity index (χ2n) is 2.91. The van der Waals surface area contributed by atoms with Crippen LogP contribution in [0.1, 0.15) is 12.5 Å². The molecule has 6 heteroatoms. The number of hydrogen-bond donors (Lipinski definition) is 0. The van der Waals surface area contributed by atoms with Gasteiger partial charge in [0.1, 0.15) is 0 Å². The lowest BCUT2D eigenvalue weighted by molar-refractivity contribution is -0.142. The molecule has 0 atom stereocenters. The minimum Gasteiger partial charge on any atom is -0.481 e. The molecule has 16 heavy (non-hydrogen) atoms. The molecule has 0 bridgehead atoms. The number of esters is 1. The van der Waals surface area contributed by atoms with E-state index in [4.69, 9.17) is 21.1 Å². The largest absolute Gasteiger partial charge is 0.481 e. The van der Waals surface area contributed by atoms with E-state index in [9.17, 15) is 9.18 Å². The topological polar surface area (TPSA) is 48.4 Å². The number of aromatic nitrogens is 1. The predicted molar refractivity (Wildman–Crippen MR) is 56.1 cm³/mol. The summed E-state index contributed by atoms with van der Waals surface area (Å²) in [5, 5.41) is -0.288. The van der Waals surface area contributed by atoms with Crippen LogP contribution in [0.4, 0.5) is 4.39 Å². The lowest BCUT2D eigenvalue weighted by Crippen LogP contribution is -2.09. The van der Waals surface area contributed by atoms with Crippen molar-refractivity contribution in [1.29, 1.82) is 0 Å². The van der Waals surface area contributed by atoms with E-state index in [-0.39, 0.29) is 24.1 Å². The van der Waals surface area contributed by atoms with E-state index in [1.54, 1.807) is 6.92 Å². The maximum absolute atomic E-state index is 13.1. The van der Waals surface area contributed by atoms with Crippen molar-refractivity contribution >= 4 is 17.6 Å². The van der Waals surface area contributed by atoms with Crippen LogP contribution in [0.15, 0.2) is 6.07 Å². The normalized spacial score (nSPS) is 10.0. The number of pyridine rings is 1. The summed E-state index contributed by atoms with van der Waals surface area (Å²) in [5.74, 6) is -1.04. The lowest BCUT2D eigenvalue weighted by atomic mass is 10.2. The highest BCUT2D eigenvalue weighted by molar-refractivity contribution is 6.29. The second kappa shape index (κ2) is 5.65. The summed E-state index contributed by atoms with van der Waals surface area (Å²) in [6.45, 7) is 1.96. The molecule has 88 valence electrons. The van der Waals surface area contributed by atoms with Crippen molar-refractivity contribution in [2.75, 3.05) is 13.7 Å². The van der Waals surface area contributed by atoms with Gasteiger partial charge in [-0.3, -0.25) is 4.79 Å². The maximum atomic E-state index is 13.1. The van der Waals surface area contributed by atoms with E-state index in [0.29, 0.717) is 5.56 Å². The van der Waals surface area contributed by atoms with Crippen LogP contribution < -0.4 is 4.74 Å². The highest BCUT2D eigenvalue weighted by Crippen LogP contribution is 2.22. The quantitative estimate of drug-likeness (QED) is 0.603. The van der Waals surface area contributed by atoms with Crippen molar-refractivity contribution in [3.63, 3.8) is 0 Å². The van der Waals surface area contributed by atoms with Crippen molar-refractivity contribution < 1.29 is 18.7 Å². The van der Waals surface area contributed by atoms with Gasteiger partial charge in [0.15, 0.2) is 11.0 Å². The van der Waals surface area contributed by atoms with Gasteiger partial charge < -0.3 is 9.47 Å². The molecule has 0 aliphatic rings. The van der Waals surface area contributed by atoms with E-state index in [1.807, 2.05) is 0 Å². The Hall–Kier alpha value is -1.36. The number of halogens is 2. The van der Waals surface area contributed by atoms with Crippen LogP contribution in [0.5, 0.6) is 5.88 Å². The monoisotopic (exact) mass is 247 g/mol. The molecule has 0 radical (unpaired) electrons. The molecule has 0 N–H and O–H groups in total. The van der Waals surface area contributed by atoms with E-state index >= 15 is 0 Å². The Bertz CT molecular complexity index is 398. The lowest BCUT2D eigenvalue weighted by Gasteiger charge is -2.07. The molecule has 0 amide bonds. The number of ether oxygens (including phenoxy) is 2. The first-order valence-corrected chi connectivity index (χ1v) is 5.00. The fraction of sp³-hybridized carbons (Fsp3) is 0.400. The van der Waals surface area contributed by atoms with Crippen molar-refractivity contribution in [2.24, 2.45) is 0 Å². The molecule has 0 aliphatic heterocycles. The number of carbonyl (C=O) groups is 1. The Morgan fingerprint density at radius 1 is 1.62 bits per heavy atom. The summed E-state index contributed by atoms with van der Waals surface area (Å²) in [6, 6.07) is 1.12. The van der Waals surface area contributed by atoms with Crippen LogP contribution in [-0.4, -0.2) is 24.7 Å². The summed E-state index contributed by atoms with van der Waals surface area (Å²) in [4.78, 5) is 14.9. The molecule has 1 heterocycles. The number of methoxy groups -OCH3 is 1. The molecule has 0 spiro atoms. The van der Waals surface area contributed by atoms with E-state index < -0.39 is 11.8 Å². The standard InChI is InChI=1S/C10H11ClFNO3/c1-3-16-8(14)5-6-4-7(12)9(11)13-10(6)15-2/h4H,3,5H2,1-2H3. The van der Waals surface area contributed by atoms with Crippen molar-refractivity contribution in [2.45, 2.75) is 13.3 Å². The Labute approximate surface area is 97.3 Å². The van der Waals surface area contributed by atoms with Crippen molar-refractivity contribution in [1.82, 2.24) is 4.98 Å². The van der Waals surface area contributed by atoms with E-state index in [1.165, 1.54) is 7.11 Å². The third kappa shape index (κ3) is 3.06. The van der Waals surface area contributed by atoms with Crippen LogP contribution in [-0.2, 0) is 16.0 Å². The molecule has 0 unspecified atom stereocenters. The Kier molecular flexibility index (Phi) is 4.49. The summed E-state index contributed by atoms with van der Waals surface area (Å²) >= 11 is 5.48. The second-order valence-corrected chi connectivity index (χ2v) is 3.27. The van der Waals surface area contributed by atoms with E-state index in [2.05, 4.69) is 4.98 Å². The zero-order valence-electron chi connectivity index (χ0n) is 8.92. The SMILES string of the molecule is CCOC(=O)Cc1cc(F)c(Cl)nc1OC.